The molecule has 5 nitrogen and oxygen atoms in total. The number of fused-ring (bicyclic) bond motifs is 1. The standard InChI is InChI=1S/C16H22N4OS/c1-10-7-11(2)20(19-10)9-15(21)17-8-13-5-4-6-14-16(13)18-12(3)22-14/h7,13H,4-6,8-9H2,1-3H3,(H,17,21). The minimum atomic E-state index is 0.0188. The predicted molar refractivity (Wildman–Crippen MR) is 87.2 cm³/mol. The van der Waals surface area contributed by atoms with Crippen molar-refractivity contribution < 1.29 is 4.79 Å². The fourth-order valence-electron chi connectivity index (χ4n) is 3.09. The number of amides is 1. The molecule has 0 aliphatic heterocycles. The third-order valence-corrected chi connectivity index (χ3v) is 5.17. The zero-order chi connectivity index (χ0) is 15.7. The predicted octanol–water partition coefficient (Wildman–Crippen LogP) is 2.50. The maximum atomic E-state index is 12.1. The average Bonchev–Trinajstić information content (AvgIpc) is 2.98. The molecule has 1 unspecified atom stereocenters. The van der Waals surface area contributed by atoms with Gasteiger partial charge in [0.15, 0.2) is 0 Å². The van der Waals surface area contributed by atoms with E-state index >= 15 is 0 Å². The first-order valence-corrected chi connectivity index (χ1v) is 8.58. The molecule has 1 aliphatic carbocycles. The van der Waals surface area contributed by atoms with Crippen molar-refractivity contribution in [1.82, 2.24) is 20.1 Å². The van der Waals surface area contributed by atoms with Gasteiger partial charge < -0.3 is 5.32 Å². The Bertz CT molecular complexity index is 688. The van der Waals surface area contributed by atoms with Gasteiger partial charge in [-0.2, -0.15) is 5.10 Å². The molecule has 1 N–H and O–H groups in total. The molecule has 0 saturated carbocycles. The van der Waals surface area contributed by atoms with E-state index in [0.29, 0.717) is 12.5 Å². The fourth-order valence-corrected chi connectivity index (χ4v) is 4.16. The van der Waals surface area contributed by atoms with E-state index < -0.39 is 0 Å². The minimum absolute atomic E-state index is 0.0188. The van der Waals surface area contributed by atoms with Gasteiger partial charge in [-0.25, -0.2) is 4.98 Å². The van der Waals surface area contributed by atoms with Crippen molar-refractivity contribution in [1.29, 1.82) is 0 Å². The Labute approximate surface area is 134 Å². The number of rotatable bonds is 4. The molecule has 0 saturated heterocycles. The zero-order valence-corrected chi connectivity index (χ0v) is 14.2. The molecule has 2 aromatic heterocycles. The number of nitrogens with zero attached hydrogens (tertiary/aromatic N) is 3. The lowest BCUT2D eigenvalue weighted by molar-refractivity contribution is -0.121. The van der Waals surface area contributed by atoms with Crippen LogP contribution in [0.15, 0.2) is 6.07 Å². The molecule has 3 rings (SSSR count). The molecule has 6 heteroatoms. The number of hydrogen-bond acceptors (Lipinski definition) is 4. The van der Waals surface area contributed by atoms with E-state index in [-0.39, 0.29) is 12.5 Å². The van der Waals surface area contributed by atoms with Crippen molar-refractivity contribution >= 4 is 17.2 Å². The van der Waals surface area contributed by atoms with Crippen LogP contribution < -0.4 is 5.32 Å². The highest BCUT2D eigenvalue weighted by atomic mass is 32.1. The van der Waals surface area contributed by atoms with Crippen molar-refractivity contribution in [2.75, 3.05) is 6.54 Å². The number of carbonyl (C=O) groups is 1. The summed E-state index contributed by atoms with van der Waals surface area (Å²) in [4.78, 5) is 18.2. The summed E-state index contributed by atoms with van der Waals surface area (Å²) in [5.41, 5.74) is 3.17. The van der Waals surface area contributed by atoms with Gasteiger partial charge in [-0.15, -0.1) is 11.3 Å². The summed E-state index contributed by atoms with van der Waals surface area (Å²) in [6.07, 6.45) is 3.43. The normalized spacial score (nSPS) is 17.3. The van der Waals surface area contributed by atoms with Gasteiger partial charge in [0.1, 0.15) is 6.54 Å². The molecule has 1 amide bonds. The summed E-state index contributed by atoms with van der Waals surface area (Å²) in [5, 5.41) is 8.51. The van der Waals surface area contributed by atoms with Crippen LogP contribution in [0.25, 0.3) is 0 Å². The fraction of sp³-hybridized carbons (Fsp3) is 0.562. The summed E-state index contributed by atoms with van der Waals surface area (Å²) < 4.78 is 1.75. The maximum absolute atomic E-state index is 12.1. The van der Waals surface area contributed by atoms with Gasteiger partial charge in [-0.1, -0.05) is 0 Å². The number of hydrogen-bond donors (Lipinski definition) is 1. The van der Waals surface area contributed by atoms with E-state index in [0.717, 1.165) is 29.2 Å². The number of thiazole rings is 1. The molecule has 2 aromatic rings. The van der Waals surface area contributed by atoms with Crippen LogP contribution in [0.5, 0.6) is 0 Å². The molecule has 2 heterocycles. The molecule has 0 aromatic carbocycles. The molecule has 1 atom stereocenters. The first kappa shape index (κ1) is 15.2. The number of aromatic nitrogens is 3. The Kier molecular flexibility index (Phi) is 4.29. The third-order valence-electron chi connectivity index (χ3n) is 4.12. The number of aryl methyl sites for hydroxylation is 4. The van der Waals surface area contributed by atoms with Crippen LogP contribution in [0.1, 0.15) is 45.7 Å². The highest BCUT2D eigenvalue weighted by molar-refractivity contribution is 7.11. The van der Waals surface area contributed by atoms with Crippen molar-refractivity contribution in [3.05, 3.63) is 33.0 Å². The molecule has 1 aliphatic rings. The molecule has 118 valence electrons. The summed E-state index contributed by atoms with van der Waals surface area (Å²) in [6.45, 7) is 6.93. The van der Waals surface area contributed by atoms with Crippen LogP contribution in [0.4, 0.5) is 0 Å². The SMILES string of the molecule is Cc1cc(C)n(CC(=O)NCC2CCCc3sc(C)nc32)n1. The lowest BCUT2D eigenvalue weighted by Crippen LogP contribution is -2.33. The monoisotopic (exact) mass is 318 g/mol. The zero-order valence-electron chi connectivity index (χ0n) is 13.3. The summed E-state index contributed by atoms with van der Waals surface area (Å²) in [6, 6.07) is 1.98. The van der Waals surface area contributed by atoms with Crippen LogP contribution >= 0.6 is 11.3 Å². The van der Waals surface area contributed by atoms with Crippen LogP contribution in [0, 0.1) is 20.8 Å². The van der Waals surface area contributed by atoms with E-state index in [1.54, 1.807) is 16.0 Å². The Morgan fingerprint density at radius 2 is 2.27 bits per heavy atom. The lowest BCUT2D eigenvalue weighted by atomic mass is 9.91. The molecule has 0 bridgehead atoms. The van der Waals surface area contributed by atoms with E-state index in [2.05, 4.69) is 22.3 Å². The number of nitrogens with one attached hydrogen (secondary N) is 1. The van der Waals surface area contributed by atoms with Crippen LogP contribution in [0.3, 0.4) is 0 Å². The van der Waals surface area contributed by atoms with Crippen molar-refractivity contribution in [3.8, 4) is 0 Å². The Hall–Kier alpha value is -1.69. The van der Waals surface area contributed by atoms with Crippen molar-refractivity contribution in [2.24, 2.45) is 0 Å². The smallest absolute Gasteiger partial charge is 0.241 e. The van der Waals surface area contributed by atoms with Gasteiger partial charge in [0.05, 0.1) is 16.4 Å². The number of carbonyl (C=O) groups excluding carboxylic acids is 1. The van der Waals surface area contributed by atoms with Gasteiger partial charge in [0, 0.05) is 23.0 Å². The lowest BCUT2D eigenvalue weighted by Gasteiger charge is -2.21. The Balaban J connectivity index is 1.59. The average molecular weight is 318 g/mol. The molecule has 0 fully saturated rings. The summed E-state index contributed by atoms with van der Waals surface area (Å²) in [7, 11) is 0. The van der Waals surface area contributed by atoms with Gasteiger partial charge >= 0.3 is 0 Å². The molecular formula is C16H22N4OS. The molecule has 22 heavy (non-hydrogen) atoms. The molecular weight excluding hydrogens is 296 g/mol. The topological polar surface area (TPSA) is 59.8 Å². The van der Waals surface area contributed by atoms with E-state index in [1.165, 1.54) is 17.0 Å². The molecule has 0 radical (unpaired) electrons. The highest BCUT2D eigenvalue weighted by Crippen LogP contribution is 2.34. The third kappa shape index (κ3) is 3.21. The van der Waals surface area contributed by atoms with E-state index in [4.69, 9.17) is 0 Å². The quantitative estimate of drug-likeness (QED) is 0.942. The highest BCUT2D eigenvalue weighted by Gasteiger charge is 2.24. The van der Waals surface area contributed by atoms with E-state index in [1.807, 2.05) is 19.9 Å². The van der Waals surface area contributed by atoms with Gasteiger partial charge in [0.2, 0.25) is 5.91 Å². The van der Waals surface area contributed by atoms with Crippen LogP contribution in [0.2, 0.25) is 0 Å². The van der Waals surface area contributed by atoms with Gasteiger partial charge in [-0.05, 0) is 46.1 Å². The summed E-state index contributed by atoms with van der Waals surface area (Å²) >= 11 is 1.80. The van der Waals surface area contributed by atoms with Gasteiger partial charge in [-0.3, -0.25) is 9.48 Å². The first-order chi connectivity index (χ1) is 10.5. The largest absolute Gasteiger partial charge is 0.354 e. The maximum Gasteiger partial charge on any atom is 0.241 e. The Morgan fingerprint density at radius 3 is 3.00 bits per heavy atom. The Morgan fingerprint density at radius 1 is 1.45 bits per heavy atom. The summed E-state index contributed by atoms with van der Waals surface area (Å²) in [5.74, 6) is 0.378. The van der Waals surface area contributed by atoms with Crippen LogP contribution in [-0.2, 0) is 17.8 Å². The second-order valence-electron chi connectivity index (χ2n) is 6.02. The second-order valence-corrected chi connectivity index (χ2v) is 7.31. The van der Waals surface area contributed by atoms with E-state index in [9.17, 15) is 4.79 Å². The minimum Gasteiger partial charge on any atom is -0.354 e. The second kappa shape index (κ2) is 6.20. The van der Waals surface area contributed by atoms with Crippen molar-refractivity contribution in [2.45, 2.75) is 52.5 Å². The van der Waals surface area contributed by atoms with Crippen LogP contribution in [-0.4, -0.2) is 27.2 Å². The first-order valence-electron chi connectivity index (χ1n) is 7.77. The molecule has 0 spiro atoms. The van der Waals surface area contributed by atoms with Crippen molar-refractivity contribution in [3.63, 3.8) is 0 Å². The van der Waals surface area contributed by atoms with Gasteiger partial charge in [0.25, 0.3) is 0 Å².